The van der Waals surface area contributed by atoms with Crippen LogP contribution in [0, 0.1) is 5.82 Å². The second-order valence-corrected chi connectivity index (χ2v) is 7.78. The minimum atomic E-state index is -0.320. The lowest BCUT2D eigenvalue weighted by atomic mass is 10.1. The third kappa shape index (κ3) is 4.57. The summed E-state index contributed by atoms with van der Waals surface area (Å²) >= 11 is 0. The van der Waals surface area contributed by atoms with Crippen LogP contribution in [0.5, 0.6) is 5.75 Å². The van der Waals surface area contributed by atoms with Gasteiger partial charge >= 0.3 is 6.03 Å². The zero-order chi connectivity index (χ0) is 23.5. The van der Waals surface area contributed by atoms with Gasteiger partial charge in [0, 0.05) is 42.3 Å². The Labute approximate surface area is 192 Å². The molecule has 2 heterocycles. The van der Waals surface area contributed by atoms with E-state index in [9.17, 15) is 9.18 Å². The smallest absolute Gasteiger partial charge is 0.330 e. The van der Waals surface area contributed by atoms with Crippen LogP contribution in [0.25, 0.3) is 11.4 Å². The van der Waals surface area contributed by atoms with Crippen molar-refractivity contribution >= 4 is 23.2 Å². The van der Waals surface area contributed by atoms with Crippen LogP contribution in [-0.2, 0) is 13.1 Å². The van der Waals surface area contributed by atoms with Crippen molar-refractivity contribution in [3.63, 3.8) is 0 Å². The zero-order valence-corrected chi connectivity index (χ0v) is 18.6. The van der Waals surface area contributed by atoms with E-state index in [-0.39, 0.29) is 18.4 Å². The van der Waals surface area contributed by atoms with Crippen molar-refractivity contribution < 1.29 is 13.9 Å². The van der Waals surface area contributed by atoms with E-state index in [1.807, 2.05) is 30.3 Å². The van der Waals surface area contributed by atoms with Gasteiger partial charge in [-0.2, -0.15) is 0 Å². The lowest BCUT2D eigenvalue weighted by Crippen LogP contribution is -2.44. The fourth-order valence-electron chi connectivity index (χ4n) is 3.62. The number of amides is 2. The monoisotopic (exact) mass is 444 g/mol. The van der Waals surface area contributed by atoms with Crippen molar-refractivity contribution in [3.8, 4) is 5.75 Å². The molecule has 3 aromatic rings. The molecule has 0 aliphatic carbocycles. The normalized spacial score (nSPS) is 13.1. The van der Waals surface area contributed by atoms with Crippen LogP contribution in [0.3, 0.4) is 0 Å². The number of halogens is 1. The Morgan fingerprint density at radius 2 is 1.79 bits per heavy atom. The predicted octanol–water partition coefficient (Wildman–Crippen LogP) is 5.03. The summed E-state index contributed by atoms with van der Waals surface area (Å²) in [4.78, 5) is 20.5. The molecule has 168 valence electrons. The number of carbonyl (C=O) groups is 1. The van der Waals surface area contributed by atoms with Crippen LogP contribution >= 0.6 is 0 Å². The molecule has 1 aromatic heterocycles. The van der Waals surface area contributed by atoms with E-state index in [1.165, 1.54) is 17.0 Å². The molecular formula is C26H25FN4O2. The summed E-state index contributed by atoms with van der Waals surface area (Å²) in [6.45, 7) is 9.16. The maximum Gasteiger partial charge on any atom is 0.330 e. The topological polar surface area (TPSA) is 57.7 Å². The lowest BCUT2D eigenvalue weighted by Gasteiger charge is -2.36. The van der Waals surface area contributed by atoms with E-state index in [1.54, 1.807) is 37.4 Å². The average molecular weight is 445 g/mol. The maximum atomic E-state index is 13.3. The standard InChI is InChI=1S/C26H25FN4O2/c1-17(28-14-19-7-11-23(33-4)12-8-19)21-13-24-18(2)31(16-20-5-9-22(27)10-6-20)26(32)30(3)25(24)29-15-21/h5-13,15,28H,1-2,14,16H2,3-4H3. The van der Waals surface area contributed by atoms with Crippen LogP contribution in [0.2, 0.25) is 0 Å². The lowest BCUT2D eigenvalue weighted by molar-refractivity contribution is 0.223. The Bertz CT molecular complexity index is 1210. The number of urea groups is 1. The first-order valence-electron chi connectivity index (χ1n) is 10.4. The van der Waals surface area contributed by atoms with Crippen molar-refractivity contribution in [2.24, 2.45) is 0 Å². The summed E-state index contributed by atoms with van der Waals surface area (Å²) in [6.07, 6.45) is 1.69. The van der Waals surface area contributed by atoms with Crippen molar-refractivity contribution in [3.05, 3.63) is 102 Å². The van der Waals surface area contributed by atoms with Gasteiger partial charge in [0.2, 0.25) is 0 Å². The molecule has 2 aromatic carbocycles. The Balaban J connectivity index is 1.52. The number of nitrogens with one attached hydrogen (secondary N) is 1. The number of hydrogen-bond acceptors (Lipinski definition) is 4. The van der Waals surface area contributed by atoms with Gasteiger partial charge in [-0.15, -0.1) is 0 Å². The molecule has 6 nitrogen and oxygen atoms in total. The first-order valence-corrected chi connectivity index (χ1v) is 10.4. The zero-order valence-electron chi connectivity index (χ0n) is 18.6. The molecule has 0 saturated carbocycles. The summed E-state index contributed by atoms with van der Waals surface area (Å²) in [5.74, 6) is 1.02. The highest BCUT2D eigenvalue weighted by molar-refractivity contribution is 6.03. The molecule has 0 fully saturated rings. The van der Waals surface area contributed by atoms with Gasteiger partial charge in [-0.05, 0) is 41.5 Å². The van der Waals surface area contributed by atoms with Crippen molar-refractivity contribution in [1.82, 2.24) is 15.2 Å². The molecule has 1 aliphatic heterocycles. The van der Waals surface area contributed by atoms with Crippen LogP contribution in [0.1, 0.15) is 22.3 Å². The van der Waals surface area contributed by atoms with Gasteiger partial charge in [-0.3, -0.25) is 9.80 Å². The first kappa shape index (κ1) is 22.1. The van der Waals surface area contributed by atoms with Gasteiger partial charge in [0.05, 0.1) is 13.7 Å². The van der Waals surface area contributed by atoms with E-state index in [0.717, 1.165) is 28.0 Å². The summed E-state index contributed by atoms with van der Waals surface area (Å²) in [5, 5.41) is 3.32. The van der Waals surface area contributed by atoms with Crippen molar-refractivity contribution in [2.75, 3.05) is 19.1 Å². The largest absolute Gasteiger partial charge is 0.497 e. The van der Waals surface area contributed by atoms with Crippen LogP contribution in [-0.4, -0.2) is 30.1 Å². The number of benzene rings is 2. The van der Waals surface area contributed by atoms with Gasteiger partial charge in [-0.1, -0.05) is 37.4 Å². The highest BCUT2D eigenvalue weighted by atomic mass is 19.1. The Morgan fingerprint density at radius 3 is 2.45 bits per heavy atom. The number of nitrogens with zero attached hydrogens (tertiary/aromatic N) is 3. The molecule has 1 N–H and O–H groups in total. The number of pyridine rings is 1. The summed E-state index contributed by atoms with van der Waals surface area (Å²) in [6, 6.07) is 15.5. The van der Waals surface area contributed by atoms with E-state index in [4.69, 9.17) is 4.74 Å². The third-order valence-electron chi connectivity index (χ3n) is 5.61. The highest BCUT2D eigenvalue weighted by Crippen LogP contribution is 2.35. The predicted molar refractivity (Wildman–Crippen MR) is 128 cm³/mol. The Kier molecular flexibility index (Phi) is 6.13. The molecule has 7 heteroatoms. The first-order chi connectivity index (χ1) is 15.9. The third-order valence-corrected chi connectivity index (χ3v) is 5.61. The van der Waals surface area contributed by atoms with E-state index < -0.39 is 0 Å². The molecule has 0 saturated heterocycles. The number of fused-ring (bicyclic) bond motifs is 1. The highest BCUT2D eigenvalue weighted by Gasteiger charge is 2.32. The minimum Gasteiger partial charge on any atom is -0.497 e. The molecule has 0 unspecified atom stereocenters. The molecule has 0 radical (unpaired) electrons. The summed E-state index contributed by atoms with van der Waals surface area (Å²) in [5.41, 5.74) is 4.67. The number of anilines is 1. The Hall–Kier alpha value is -4.13. The van der Waals surface area contributed by atoms with Gasteiger partial charge in [-0.25, -0.2) is 14.2 Å². The number of ether oxygens (including phenoxy) is 1. The van der Waals surface area contributed by atoms with Gasteiger partial charge < -0.3 is 10.1 Å². The fourth-order valence-corrected chi connectivity index (χ4v) is 3.62. The number of aromatic nitrogens is 1. The second kappa shape index (κ2) is 9.16. The second-order valence-electron chi connectivity index (χ2n) is 7.78. The van der Waals surface area contributed by atoms with Gasteiger partial charge in [0.15, 0.2) is 0 Å². The average Bonchev–Trinajstić information content (AvgIpc) is 2.85. The number of hydrogen-bond donors (Lipinski definition) is 1. The fraction of sp³-hybridized carbons (Fsp3) is 0.154. The molecule has 0 atom stereocenters. The minimum absolute atomic E-state index is 0.242. The van der Waals surface area contributed by atoms with Crippen LogP contribution in [0.4, 0.5) is 15.0 Å². The van der Waals surface area contributed by atoms with E-state index in [2.05, 4.69) is 23.5 Å². The molecule has 1 aliphatic rings. The van der Waals surface area contributed by atoms with Crippen LogP contribution in [0.15, 0.2) is 74.0 Å². The van der Waals surface area contributed by atoms with Gasteiger partial charge in [0.1, 0.15) is 17.4 Å². The summed E-state index contributed by atoms with van der Waals surface area (Å²) in [7, 11) is 3.31. The molecule has 0 bridgehead atoms. The molecule has 0 spiro atoms. The van der Waals surface area contributed by atoms with Crippen molar-refractivity contribution in [2.45, 2.75) is 13.1 Å². The molecule has 2 amide bonds. The maximum absolute atomic E-state index is 13.3. The quantitative estimate of drug-likeness (QED) is 0.555. The van der Waals surface area contributed by atoms with E-state index >= 15 is 0 Å². The number of carbonyl (C=O) groups excluding carboxylic acids is 1. The number of rotatable bonds is 7. The molecule has 33 heavy (non-hydrogen) atoms. The van der Waals surface area contributed by atoms with Gasteiger partial charge in [0.25, 0.3) is 0 Å². The SMILES string of the molecule is C=C(NCc1ccc(OC)cc1)c1cnc2c(c1)C(=C)N(Cc1ccc(F)cc1)C(=O)N2C. The molecule has 4 rings (SSSR count). The summed E-state index contributed by atoms with van der Waals surface area (Å²) < 4.78 is 18.5. The van der Waals surface area contributed by atoms with E-state index in [0.29, 0.717) is 23.8 Å². The Morgan fingerprint density at radius 1 is 1.12 bits per heavy atom. The number of methoxy groups -OCH3 is 1. The van der Waals surface area contributed by atoms with Crippen LogP contribution < -0.4 is 15.0 Å². The van der Waals surface area contributed by atoms with Crippen molar-refractivity contribution in [1.29, 1.82) is 0 Å². The molecular weight excluding hydrogens is 419 g/mol.